The first-order valence-electron chi connectivity index (χ1n) is 6.78. The lowest BCUT2D eigenvalue weighted by Crippen LogP contribution is -2.35. The van der Waals surface area contributed by atoms with E-state index in [4.69, 9.17) is 15.2 Å². The Hall–Kier alpha value is -1.22. The van der Waals surface area contributed by atoms with E-state index in [-0.39, 0.29) is 5.54 Å². The summed E-state index contributed by atoms with van der Waals surface area (Å²) >= 11 is 0. The fraction of sp³-hybridized carbons (Fsp3) is 0.600. The molecule has 0 spiro atoms. The molecule has 0 heterocycles. The van der Waals surface area contributed by atoms with Gasteiger partial charge in [0.15, 0.2) is 11.5 Å². The van der Waals surface area contributed by atoms with Crippen LogP contribution in [0.5, 0.6) is 11.5 Å². The zero-order valence-electron chi connectivity index (χ0n) is 11.5. The van der Waals surface area contributed by atoms with Crippen molar-refractivity contribution in [1.29, 1.82) is 0 Å². The molecule has 1 aliphatic carbocycles. The Balaban J connectivity index is 2.29. The first-order valence-corrected chi connectivity index (χ1v) is 6.78. The van der Waals surface area contributed by atoms with Crippen molar-refractivity contribution < 1.29 is 9.47 Å². The molecule has 18 heavy (non-hydrogen) atoms. The average molecular weight is 249 g/mol. The summed E-state index contributed by atoms with van der Waals surface area (Å²) in [6.45, 7) is 7.33. The third kappa shape index (κ3) is 2.61. The normalized spacial score (nSPS) is 18.2. The van der Waals surface area contributed by atoms with Gasteiger partial charge in [-0.3, -0.25) is 0 Å². The van der Waals surface area contributed by atoms with Gasteiger partial charge < -0.3 is 15.2 Å². The predicted octanol–water partition coefficient (Wildman–Crippen LogP) is 3.07. The van der Waals surface area contributed by atoms with Crippen molar-refractivity contribution >= 4 is 0 Å². The van der Waals surface area contributed by atoms with E-state index >= 15 is 0 Å². The number of ether oxygens (including phenoxy) is 2. The maximum atomic E-state index is 6.44. The Morgan fingerprint density at radius 3 is 2.33 bits per heavy atom. The molecule has 0 saturated heterocycles. The van der Waals surface area contributed by atoms with Crippen LogP contribution >= 0.6 is 0 Å². The molecule has 0 bridgehead atoms. The van der Waals surface area contributed by atoms with Crippen molar-refractivity contribution in [1.82, 2.24) is 0 Å². The summed E-state index contributed by atoms with van der Waals surface area (Å²) in [5, 5.41) is 0. The Labute approximate surface area is 109 Å². The van der Waals surface area contributed by atoms with Crippen molar-refractivity contribution in [3.05, 3.63) is 23.8 Å². The summed E-state index contributed by atoms with van der Waals surface area (Å²) in [5.74, 6) is 2.20. The third-order valence-corrected chi connectivity index (χ3v) is 3.59. The zero-order chi connectivity index (χ0) is 13.2. The van der Waals surface area contributed by atoms with Gasteiger partial charge in [0.2, 0.25) is 0 Å². The van der Waals surface area contributed by atoms with Gasteiger partial charge in [-0.1, -0.05) is 6.07 Å². The van der Waals surface area contributed by atoms with Gasteiger partial charge in [-0.2, -0.15) is 0 Å². The highest BCUT2D eigenvalue weighted by Crippen LogP contribution is 2.45. The van der Waals surface area contributed by atoms with E-state index in [2.05, 4.69) is 13.0 Å². The Bertz CT molecular complexity index is 411. The quantitative estimate of drug-likeness (QED) is 0.842. The van der Waals surface area contributed by atoms with Crippen LogP contribution in [0.2, 0.25) is 0 Å². The summed E-state index contributed by atoms with van der Waals surface area (Å²) in [7, 11) is 0. The highest BCUT2D eigenvalue weighted by atomic mass is 16.5. The smallest absolute Gasteiger partial charge is 0.161 e. The lowest BCUT2D eigenvalue weighted by Gasteiger charge is -2.26. The summed E-state index contributed by atoms with van der Waals surface area (Å²) in [4.78, 5) is 0. The molecule has 0 radical (unpaired) electrons. The molecule has 3 heteroatoms. The minimum Gasteiger partial charge on any atom is -0.490 e. The van der Waals surface area contributed by atoms with Crippen LogP contribution in [0.1, 0.15) is 39.2 Å². The molecule has 1 fully saturated rings. The molecule has 0 aliphatic heterocycles. The second-order valence-corrected chi connectivity index (χ2v) is 5.08. The van der Waals surface area contributed by atoms with Gasteiger partial charge in [-0.05, 0) is 57.2 Å². The minimum absolute atomic E-state index is 0.253. The second kappa shape index (κ2) is 5.19. The molecule has 2 rings (SSSR count). The minimum atomic E-state index is -0.253. The van der Waals surface area contributed by atoms with Gasteiger partial charge in [-0.15, -0.1) is 0 Å². The number of nitrogens with two attached hydrogens (primary N) is 1. The van der Waals surface area contributed by atoms with Crippen LogP contribution in [0.4, 0.5) is 0 Å². The lowest BCUT2D eigenvalue weighted by atomic mass is 9.88. The van der Waals surface area contributed by atoms with Crippen LogP contribution in [-0.4, -0.2) is 13.2 Å². The van der Waals surface area contributed by atoms with Crippen LogP contribution in [0, 0.1) is 5.92 Å². The molecule has 2 N–H and O–H groups in total. The van der Waals surface area contributed by atoms with E-state index in [9.17, 15) is 0 Å². The number of hydrogen-bond acceptors (Lipinski definition) is 3. The number of benzene rings is 1. The van der Waals surface area contributed by atoms with Crippen molar-refractivity contribution in [2.24, 2.45) is 11.7 Å². The van der Waals surface area contributed by atoms with Crippen molar-refractivity contribution in [3.8, 4) is 11.5 Å². The molecule has 3 nitrogen and oxygen atoms in total. The molecule has 100 valence electrons. The van der Waals surface area contributed by atoms with E-state index in [0.717, 1.165) is 17.1 Å². The second-order valence-electron chi connectivity index (χ2n) is 5.08. The topological polar surface area (TPSA) is 44.5 Å². The van der Waals surface area contributed by atoms with Crippen LogP contribution < -0.4 is 15.2 Å². The summed E-state index contributed by atoms with van der Waals surface area (Å²) in [5.41, 5.74) is 7.32. The molecule has 1 atom stereocenters. The van der Waals surface area contributed by atoms with Gasteiger partial charge in [0, 0.05) is 5.54 Å². The molecular formula is C15H23NO2. The van der Waals surface area contributed by atoms with E-state index in [1.807, 2.05) is 26.0 Å². The maximum Gasteiger partial charge on any atom is 0.161 e. The van der Waals surface area contributed by atoms with Gasteiger partial charge in [-0.25, -0.2) is 0 Å². The van der Waals surface area contributed by atoms with Crippen molar-refractivity contribution in [2.75, 3.05) is 13.2 Å². The van der Waals surface area contributed by atoms with Gasteiger partial charge in [0.05, 0.1) is 13.2 Å². The van der Waals surface area contributed by atoms with Crippen molar-refractivity contribution in [3.63, 3.8) is 0 Å². The van der Waals surface area contributed by atoms with E-state index in [1.54, 1.807) is 0 Å². The predicted molar refractivity (Wildman–Crippen MR) is 73.0 cm³/mol. The van der Waals surface area contributed by atoms with Crippen LogP contribution in [0.15, 0.2) is 18.2 Å². The molecule has 1 aromatic rings. The number of hydrogen-bond donors (Lipinski definition) is 1. The molecule has 0 aromatic heterocycles. The van der Waals surface area contributed by atoms with Crippen LogP contribution in [0.25, 0.3) is 0 Å². The number of rotatable bonds is 6. The van der Waals surface area contributed by atoms with E-state index < -0.39 is 0 Å². The van der Waals surface area contributed by atoms with Gasteiger partial charge in [0.1, 0.15) is 0 Å². The van der Waals surface area contributed by atoms with Crippen LogP contribution in [0.3, 0.4) is 0 Å². The summed E-state index contributed by atoms with van der Waals surface area (Å²) in [6, 6.07) is 6.07. The van der Waals surface area contributed by atoms with Gasteiger partial charge >= 0.3 is 0 Å². The zero-order valence-corrected chi connectivity index (χ0v) is 11.5. The first kappa shape index (κ1) is 13.2. The lowest BCUT2D eigenvalue weighted by molar-refractivity contribution is 0.286. The molecule has 1 aromatic carbocycles. The third-order valence-electron chi connectivity index (χ3n) is 3.59. The Kier molecular flexibility index (Phi) is 3.81. The largest absolute Gasteiger partial charge is 0.490 e. The molecular weight excluding hydrogens is 226 g/mol. The SMILES string of the molecule is CCOc1ccc(C(C)(N)C2CC2)cc1OCC. The van der Waals surface area contributed by atoms with E-state index in [1.165, 1.54) is 12.8 Å². The van der Waals surface area contributed by atoms with Crippen LogP contribution in [-0.2, 0) is 5.54 Å². The average Bonchev–Trinajstić information content (AvgIpc) is 3.16. The summed E-state index contributed by atoms with van der Waals surface area (Å²) < 4.78 is 11.2. The maximum absolute atomic E-state index is 6.44. The standard InChI is InChI=1S/C15H23NO2/c1-4-17-13-9-8-12(10-14(13)18-5-2)15(3,16)11-6-7-11/h8-11H,4-7,16H2,1-3H3. The van der Waals surface area contributed by atoms with Gasteiger partial charge in [0.25, 0.3) is 0 Å². The molecule has 1 aliphatic rings. The molecule has 0 amide bonds. The monoisotopic (exact) mass is 249 g/mol. The molecule has 1 unspecified atom stereocenters. The highest BCUT2D eigenvalue weighted by Gasteiger charge is 2.39. The van der Waals surface area contributed by atoms with Crippen molar-refractivity contribution in [2.45, 2.75) is 39.2 Å². The highest BCUT2D eigenvalue weighted by molar-refractivity contribution is 5.45. The molecule has 1 saturated carbocycles. The Morgan fingerprint density at radius 2 is 1.78 bits per heavy atom. The Morgan fingerprint density at radius 1 is 1.17 bits per heavy atom. The fourth-order valence-corrected chi connectivity index (χ4v) is 2.30. The summed E-state index contributed by atoms with van der Waals surface area (Å²) in [6.07, 6.45) is 2.45. The first-order chi connectivity index (χ1) is 8.59. The van der Waals surface area contributed by atoms with E-state index in [0.29, 0.717) is 19.1 Å². The fourth-order valence-electron chi connectivity index (χ4n) is 2.30.